The minimum atomic E-state index is -0.634. The van der Waals surface area contributed by atoms with Gasteiger partial charge in [0.1, 0.15) is 0 Å². The van der Waals surface area contributed by atoms with Gasteiger partial charge in [-0.3, -0.25) is 0 Å². The second-order valence-electron chi connectivity index (χ2n) is 6.51. The summed E-state index contributed by atoms with van der Waals surface area (Å²) in [5.74, 6) is 3.20. The van der Waals surface area contributed by atoms with Gasteiger partial charge in [0.15, 0.2) is 0 Å². The van der Waals surface area contributed by atoms with E-state index in [1.54, 1.807) is 0 Å². The number of rotatable bonds is 2. The first-order chi connectivity index (χ1) is 10.1. The fourth-order valence-electron chi connectivity index (χ4n) is 5.42. The maximum Gasteiger partial charge on any atom is 0.332 e. The van der Waals surface area contributed by atoms with E-state index in [1.807, 2.05) is 0 Å². The second-order valence-corrected chi connectivity index (χ2v) is 6.51. The molecule has 0 unspecified atom stereocenters. The van der Waals surface area contributed by atoms with E-state index in [-0.39, 0.29) is 0 Å². The summed E-state index contributed by atoms with van der Waals surface area (Å²) >= 11 is 0. The lowest BCUT2D eigenvalue weighted by Crippen LogP contribution is -2.32. The highest BCUT2D eigenvalue weighted by Gasteiger charge is 2.67. The highest BCUT2D eigenvalue weighted by atomic mass is 16.2. The van der Waals surface area contributed by atoms with Gasteiger partial charge in [0.2, 0.25) is 0 Å². The highest BCUT2D eigenvalue weighted by molar-refractivity contribution is 6.01. The average Bonchev–Trinajstić information content (AvgIpc) is 3.03. The third-order valence-electron chi connectivity index (χ3n) is 5.78. The van der Waals surface area contributed by atoms with Crippen LogP contribution in [0.4, 0.5) is 9.59 Å². The lowest BCUT2D eigenvalue weighted by Gasteiger charge is -2.24. The Bertz CT molecular complexity index is 531. The Morgan fingerprint density at radius 2 is 1.29 bits per heavy atom. The number of carbonyl (C=O) groups excluding carboxylic acids is 2. The van der Waals surface area contributed by atoms with Crippen LogP contribution in [0, 0.1) is 35.5 Å². The van der Waals surface area contributed by atoms with Crippen LogP contribution >= 0.6 is 0 Å². The summed E-state index contributed by atoms with van der Waals surface area (Å²) in [5.41, 5.74) is 17.0. The number of nitrogens with one attached hydrogen (secondary N) is 2. The molecule has 4 fully saturated rings. The first-order valence-electron chi connectivity index (χ1n) is 7.30. The van der Waals surface area contributed by atoms with Gasteiger partial charge < -0.3 is 11.5 Å². The quantitative estimate of drug-likeness (QED) is 0.531. The second kappa shape index (κ2) is 4.19. The molecule has 0 aromatic rings. The summed E-state index contributed by atoms with van der Waals surface area (Å²) in [7, 11) is 0. The molecule has 6 N–H and O–H groups in total. The molecule has 0 spiro atoms. The molecule has 2 bridgehead atoms. The molecule has 0 saturated heterocycles. The van der Waals surface area contributed by atoms with Gasteiger partial charge in [0, 0.05) is 23.3 Å². The van der Waals surface area contributed by atoms with E-state index in [0.717, 1.165) is 24.3 Å². The molecular formula is C13H18N6O2. The predicted molar refractivity (Wildman–Crippen MR) is 75.1 cm³/mol. The minimum absolute atomic E-state index is 0.332. The highest BCUT2D eigenvalue weighted by Crippen LogP contribution is 2.68. The van der Waals surface area contributed by atoms with Crippen LogP contribution in [0.5, 0.6) is 0 Å². The number of urea groups is 2. The van der Waals surface area contributed by atoms with E-state index < -0.39 is 12.1 Å². The van der Waals surface area contributed by atoms with Crippen molar-refractivity contribution < 1.29 is 9.59 Å². The smallest absolute Gasteiger partial charge is 0.332 e. The number of fused-ring (bicyclic) bond motifs is 2. The van der Waals surface area contributed by atoms with E-state index in [9.17, 15) is 9.59 Å². The number of carbonyl (C=O) groups is 2. The largest absolute Gasteiger partial charge is 0.350 e. The molecule has 0 aliphatic heterocycles. The van der Waals surface area contributed by atoms with Gasteiger partial charge in [-0.2, -0.15) is 10.2 Å². The molecular weight excluding hydrogens is 272 g/mol. The Kier molecular flexibility index (Phi) is 2.51. The van der Waals surface area contributed by atoms with Crippen molar-refractivity contribution in [3.8, 4) is 0 Å². The zero-order valence-electron chi connectivity index (χ0n) is 11.5. The van der Waals surface area contributed by atoms with E-state index in [4.69, 9.17) is 11.5 Å². The Balaban J connectivity index is 1.63. The van der Waals surface area contributed by atoms with E-state index in [0.29, 0.717) is 35.5 Å². The van der Waals surface area contributed by atoms with Crippen LogP contribution in [0.3, 0.4) is 0 Å². The SMILES string of the molecule is NC(=O)N/N=C1\C[C@@H]2[C@H]3C/C(=N\NC(N)=O)[C@H]4[C@H]3C[C@H]2[C@H]14. The van der Waals surface area contributed by atoms with Gasteiger partial charge in [-0.05, 0) is 42.9 Å². The van der Waals surface area contributed by atoms with E-state index in [2.05, 4.69) is 21.1 Å². The molecule has 112 valence electrons. The molecule has 4 aliphatic rings. The molecule has 8 heteroatoms. The third kappa shape index (κ3) is 1.68. The van der Waals surface area contributed by atoms with Gasteiger partial charge in [-0.15, -0.1) is 0 Å². The normalized spacial score (nSPS) is 45.5. The molecule has 4 rings (SSSR count). The summed E-state index contributed by atoms with van der Waals surface area (Å²) in [4.78, 5) is 21.7. The number of primary amides is 2. The van der Waals surface area contributed by atoms with Crippen molar-refractivity contribution >= 4 is 23.5 Å². The third-order valence-corrected chi connectivity index (χ3v) is 5.78. The number of hydrogen-bond donors (Lipinski definition) is 4. The molecule has 4 aliphatic carbocycles. The fraction of sp³-hybridized carbons (Fsp3) is 0.692. The summed E-state index contributed by atoms with van der Waals surface area (Å²) in [5, 5.41) is 8.43. The zero-order valence-corrected chi connectivity index (χ0v) is 11.5. The first kappa shape index (κ1) is 12.6. The number of nitrogens with zero attached hydrogens (tertiary/aromatic N) is 2. The molecule has 21 heavy (non-hydrogen) atoms. The summed E-state index contributed by atoms with van der Waals surface area (Å²) in [6.45, 7) is 0. The van der Waals surface area contributed by atoms with Crippen molar-refractivity contribution in [2.45, 2.75) is 19.3 Å². The Morgan fingerprint density at radius 3 is 1.67 bits per heavy atom. The number of amides is 4. The van der Waals surface area contributed by atoms with Crippen LogP contribution in [0.15, 0.2) is 10.2 Å². The Hall–Kier alpha value is -2.12. The van der Waals surface area contributed by atoms with Crippen molar-refractivity contribution in [1.82, 2.24) is 10.9 Å². The van der Waals surface area contributed by atoms with Gasteiger partial charge in [-0.25, -0.2) is 20.4 Å². The Morgan fingerprint density at radius 1 is 0.857 bits per heavy atom. The van der Waals surface area contributed by atoms with Gasteiger partial charge in [0.25, 0.3) is 0 Å². The van der Waals surface area contributed by atoms with Gasteiger partial charge in [0.05, 0.1) is 0 Å². The van der Waals surface area contributed by atoms with Crippen molar-refractivity contribution in [2.75, 3.05) is 0 Å². The van der Waals surface area contributed by atoms with Crippen LogP contribution in [-0.4, -0.2) is 23.5 Å². The van der Waals surface area contributed by atoms with Crippen LogP contribution in [-0.2, 0) is 0 Å². The number of hydrazone groups is 2. The molecule has 4 saturated carbocycles. The number of nitrogens with two attached hydrogens (primary N) is 2. The van der Waals surface area contributed by atoms with Crippen molar-refractivity contribution in [3.63, 3.8) is 0 Å². The van der Waals surface area contributed by atoms with E-state index in [1.165, 1.54) is 6.42 Å². The zero-order chi connectivity index (χ0) is 14.7. The maximum atomic E-state index is 10.9. The van der Waals surface area contributed by atoms with E-state index >= 15 is 0 Å². The van der Waals surface area contributed by atoms with Crippen molar-refractivity contribution in [2.24, 2.45) is 57.2 Å². The van der Waals surface area contributed by atoms with Crippen molar-refractivity contribution in [1.29, 1.82) is 0 Å². The summed E-state index contributed by atoms with van der Waals surface area (Å²) in [6.07, 6.45) is 3.10. The molecule has 0 radical (unpaired) electrons. The first-order valence-corrected chi connectivity index (χ1v) is 7.30. The number of hydrogen-bond acceptors (Lipinski definition) is 4. The van der Waals surface area contributed by atoms with Crippen LogP contribution in [0.25, 0.3) is 0 Å². The average molecular weight is 290 g/mol. The lowest BCUT2D eigenvalue weighted by atomic mass is 9.79. The topological polar surface area (TPSA) is 135 Å². The molecule has 0 aromatic carbocycles. The molecule has 8 nitrogen and oxygen atoms in total. The predicted octanol–water partition coefficient (Wildman–Crippen LogP) is -0.0431. The molecule has 6 atom stereocenters. The lowest BCUT2D eigenvalue weighted by molar-refractivity contribution is 0.241. The molecule has 0 heterocycles. The Labute approximate surface area is 121 Å². The monoisotopic (exact) mass is 290 g/mol. The van der Waals surface area contributed by atoms with Gasteiger partial charge in [-0.1, -0.05) is 0 Å². The fourth-order valence-corrected chi connectivity index (χ4v) is 5.42. The molecule has 0 aromatic heterocycles. The minimum Gasteiger partial charge on any atom is -0.350 e. The molecule has 4 amide bonds. The standard InChI is InChI=1S/C13H18N6O2/c14-12(20)18-16-8-2-4-5-3-9(17-19-13(15)21)11-7(5)1-6(4)10(8)11/h4-7,10-11H,1-3H2,(H3,14,18,20)(H3,15,19,21)/b16-8+,17-9+/t4-,5-,6-,7+,10-,11-/m1/s1. The summed E-state index contributed by atoms with van der Waals surface area (Å²) < 4.78 is 0. The van der Waals surface area contributed by atoms with Crippen LogP contribution < -0.4 is 22.3 Å². The van der Waals surface area contributed by atoms with Crippen LogP contribution in [0.2, 0.25) is 0 Å². The van der Waals surface area contributed by atoms with Crippen LogP contribution in [0.1, 0.15) is 19.3 Å². The summed E-state index contributed by atoms with van der Waals surface area (Å²) in [6, 6.07) is -1.27. The van der Waals surface area contributed by atoms with Gasteiger partial charge >= 0.3 is 12.1 Å². The maximum absolute atomic E-state index is 10.9. The van der Waals surface area contributed by atoms with Crippen molar-refractivity contribution in [3.05, 3.63) is 0 Å².